The van der Waals surface area contributed by atoms with Gasteiger partial charge in [-0.2, -0.15) is 5.26 Å². The van der Waals surface area contributed by atoms with Gasteiger partial charge in [0.25, 0.3) is 0 Å². The van der Waals surface area contributed by atoms with E-state index in [9.17, 15) is 5.26 Å². The predicted molar refractivity (Wildman–Crippen MR) is 117 cm³/mol. The highest BCUT2D eigenvalue weighted by molar-refractivity contribution is 5.71. The molecule has 4 aromatic rings. The van der Waals surface area contributed by atoms with Crippen molar-refractivity contribution in [3.05, 3.63) is 84.2 Å². The minimum atomic E-state index is 0.645. The molecule has 5 nitrogen and oxygen atoms in total. The van der Waals surface area contributed by atoms with Gasteiger partial charge in [0.05, 0.1) is 36.2 Å². The van der Waals surface area contributed by atoms with E-state index in [1.807, 2.05) is 30.3 Å². The first-order valence-electron chi connectivity index (χ1n) is 10.2. The maximum Gasteiger partial charge on any atom is 0.137 e. The molecule has 2 aromatic carbocycles. The van der Waals surface area contributed by atoms with E-state index in [4.69, 9.17) is 9.72 Å². The molecular weight excluding hydrogens is 372 g/mol. The van der Waals surface area contributed by atoms with Gasteiger partial charge in [-0.05, 0) is 35.4 Å². The highest BCUT2D eigenvalue weighted by Gasteiger charge is 2.19. The standard InChI is InChI=1S/C25H22N4O/c26-16-19-5-4-8-21(15-19)25-23(18-28-11-13-30-14-12-28)29-17-22(9-10-24(29)27-25)20-6-2-1-3-7-20/h1-10,15,17H,11-14,18H2. The van der Waals surface area contributed by atoms with Crippen LogP contribution in [0.5, 0.6) is 0 Å². The fourth-order valence-corrected chi connectivity index (χ4v) is 3.98. The number of benzene rings is 2. The van der Waals surface area contributed by atoms with E-state index < -0.39 is 0 Å². The monoisotopic (exact) mass is 394 g/mol. The van der Waals surface area contributed by atoms with Gasteiger partial charge >= 0.3 is 0 Å². The van der Waals surface area contributed by atoms with Gasteiger partial charge in [0, 0.05) is 31.4 Å². The average molecular weight is 394 g/mol. The molecule has 1 fully saturated rings. The van der Waals surface area contributed by atoms with Crippen LogP contribution in [0.3, 0.4) is 0 Å². The van der Waals surface area contributed by atoms with Crippen LogP contribution in [0.2, 0.25) is 0 Å². The van der Waals surface area contributed by atoms with Crippen LogP contribution in [0.15, 0.2) is 72.9 Å². The maximum absolute atomic E-state index is 9.34. The molecule has 0 unspecified atom stereocenters. The fourth-order valence-electron chi connectivity index (χ4n) is 3.98. The van der Waals surface area contributed by atoms with E-state index in [-0.39, 0.29) is 0 Å². The lowest BCUT2D eigenvalue weighted by atomic mass is 10.1. The highest BCUT2D eigenvalue weighted by atomic mass is 16.5. The Balaban J connectivity index is 1.66. The van der Waals surface area contributed by atoms with Crippen molar-refractivity contribution in [1.29, 1.82) is 5.26 Å². The van der Waals surface area contributed by atoms with E-state index in [0.717, 1.165) is 61.0 Å². The Morgan fingerprint density at radius 1 is 0.900 bits per heavy atom. The maximum atomic E-state index is 9.34. The first kappa shape index (κ1) is 18.6. The summed E-state index contributed by atoms with van der Waals surface area (Å²) in [6, 6.07) is 24.5. The third-order valence-electron chi connectivity index (χ3n) is 5.57. The van der Waals surface area contributed by atoms with E-state index in [1.54, 1.807) is 0 Å². The first-order chi connectivity index (χ1) is 14.8. The van der Waals surface area contributed by atoms with Gasteiger partial charge in [-0.25, -0.2) is 4.98 Å². The molecule has 3 heterocycles. The topological polar surface area (TPSA) is 53.6 Å². The third kappa shape index (κ3) is 3.59. The Labute approximate surface area is 175 Å². The van der Waals surface area contributed by atoms with Crippen molar-refractivity contribution < 1.29 is 4.74 Å². The van der Waals surface area contributed by atoms with Crippen LogP contribution in [0.4, 0.5) is 0 Å². The molecule has 0 radical (unpaired) electrons. The van der Waals surface area contributed by atoms with Crippen LogP contribution < -0.4 is 0 Å². The molecule has 1 aliphatic heterocycles. The second-order valence-electron chi connectivity index (χ2n) is 7.50. The SMILES string of the molecule is N#Cc1cccc(-c2nc3ccc(-c4ccccc4)cn3c2CN2CCOCC2)c1. The molecule has 0 N–H and O–H groups in total. The van der Waals surface area contributed by atoms with Gasteiger partial charge in [-0.3, -0.25) is 4.90 Å². The van der Waals surface area contributed by atoms with Gasteiger partial charge in [0.15, 0.2) is 0 Å². The second kappa shape index (κ2) is 8.11. The van der Waals surface area contributed by atoms with E-state index in [1.165, 1.54) is 5.56 Å². The molecule has 2 aromatic heterocycles. The van der Waals surface area contributed by atoms with Crippen molar-refractivity contribution in [3.63, 3.8) is 0 Å². The van der Waals surface area contributed by atoms with Gasteiger partial charge in [-0.1, -0.05) is 42.5 Å². The second-order valence-corrected chi connectivity index (χ2v) is 7.50. The van der Waals surface area contributed by atoms with Crippen molar-refractivity contribution in [2.24, 2.45) is 0 Å². The summed E-state index contributed by atoms with van der Waals surface area (Å²) < 4.78 is 7.73. The number of aromatic nitrogens is 2. The number of morpholine rings is 1. The van der Waals surface area contributed by atoms with Crippen molar-refractivity contribution in [2.45, 2.75) is 6.54 Å². The van der Waals surface area contributed by atoms with Crippen molar-refractivity contribution in [2.75, 3.05) is 26.3 Å². The van der Waals surface area contributed by atoms with Crippen molar-refractivity contribution in [1.82, 2.24) is 14.3 Å². The summed E-state index contributed by atoms with van der Waals surface area (Å²) in [6.07, 6.45) is 2.17. The summed E-state index contributed by atoms with van der Waals surface area (Å²) in [4.78, 5) is 7.36. The zero-order chi connectivity index (χ0) is 20.3. The van der Waals surface area contributed by atoms with Crippen LogP contribution in [-0.2, 0) is 11.3 Å². The summed E-state index contributed by atoms with van der Waals surface area (Å²) >= 11 is 0. The summed E-state index contributed by atoms with van der Waals surface area (Å²) in [6.45, 7) is 4.11. The lowest BCUT2D eigenvalue weighted by Gasteiger charge is -2.26. The zero-order valence-corrected chi connectivity index (χ0v) is 16.7. The van der Waals surface area contributed by atoms with E-state index >= 15 is 0 Å². The number of nitriles is 1. The minimum Gasteiger partial charge on any atom is -0.379 e. The van der Waals surface area contributed by atoms with Gasteiger partial charge < -0.3 is 9.14 Å². The molecule has 1 saturated heterocycles. The van der Waals surface area contributed by atoms with Crippen LogP contribution in [-0.4, -0.2) is 40.6 Å². The van der Waals surface area contributed by atoms with Crippen LogP contribution in [0.25, 0.3) is 28.0 Å². The largest absolute Gasteiger partial charge is 0.379 e. The summed E-state index contributed by atoms with van der Waals surface area (Å²) in [5.41, 5.74) is 6.94. The molecule has 5 rings (SSSR count). The third-order valence-corrected chi connectivity index (χ3v) is 5.57. The molecule has 5 heteroatoms. The summed E-state index contributed by atoms with van der Waals surface area (Å²) in [5, 5.41) is 9.34. The molecule has 148 valence electrons. The lowest BCUT2D eigenvalue weighted by molar-refractivity contribution is 0.0336. The average Bonchev–Trinajstić information content (AvgIpc) is 3.18. The normalized spacial score (nSPS) is 14.6. The summed E-state index contributed by atoms with van der Waals surface area (Å²) in [5.74, 6) is 0. The van der Waals surface area contributed by atoms with Crippen LogP contribution >= 0.6 is 0 Å². The number of imidazole rings is 1. The molecular formula is C25H22N4O. The Hall–Kier alpha value is -3.46. The smallest absolute Gasteiger partial charge is 0.137 e. The minimum absolute atomic E-state index is 0.645. The van der Waals surface area contributed by atoms with Crippen molar-refractivity contribution in [3.8, 4) is 28.5 Å². The molecule has 30 heavy (non-hydrogen) atoms. The van der Waals surface area contributed by atoms with Gasteiger partial charge in [-0.15, -0.1) is 0 Å². The molecule has 1 aliphatic rings. The van der Waals surface area contributed by atoms with Gasteiger partial charge in [0.1, 0.15) is 5.65 Å². The number of hydrogen-bond acceptors (Lipinski definition) is 4. The van der Waals surface area contributed by atoms with Crippen molar-refractivity contribution >= 4 is 5.65 Å². The molecule has 0 atom stereocenters. The first-order valence-corrected chi connectivity index (χ1v) is 10.2. The molecule has 0 bridgehead atoms. The summed E-state index contributed by atoms with van der Waals surface area (Å²) in [7, 11) is 0. The Kier molecular flexibility index (Phi) is 5.02. The fraction of sp³-hybridized carbons (Fsp3) is 0.200. The quantitative estimate of drug-likeness (QED) is 0.516. The zero-order valence-electron chi connectivity index (χ0n) is 16.7. The number of hydrogen-bond donors (Lipinski definition) is 0. The number of fused-ring (bicyclic) bond motifs is 1. The molecule has 0 amide bonds. The van der Waals surface area contributed by atoms with E-state index in [0.29, 0.717) is 5.56 Å². The molecule has 0 saturated carbocycles. The van der Waals surface area contributed by atoms with Crippen LogP contribution in [0.1, 0.15) is 11.3 Å². The Morgan fingerprint density at radius 3 is 2.50 bits per heavy atom. The number of pyridine rings is 1. The highest BCUT2D eigenvalue weighted by Crippen LogP contribution is 2.29. The Morgan fingerprint density at radius 2 is 1.70 bits per heavy atom. The van der Waals surface area contributed by atoms with Crippen LogP contribution in [0, 0.1) is 11.3 Å². The number of rotatable bonds is 4. The van der Waals surface area contributed by atoms with E-state index in [2.05, 4.69) is 58.0 Å². The number of nitrogens with zero attached hydrogens (tertiary/aromatic N) is 4. The lowest BCUT2D eigenvalue weighted by Crippen LogP contribution is -2.36. The van der Waals surface area contributed by atoms with Gasteiger partial charge in [0.2, 0.25) is 0 Å². The Bertz CT molecular complexity index is 1220. The molecule has 0 aliphatic carbocycles. The predicted octanol–water partition coefficient (Wildman–Crippen LogP) is 4.37. The molecule has 0 spiro atoms. The number of ether oxygens (including phenoxy) is 1.